The summed E-state index contributed by atoms with van der Waals surface area (Å²) in [5.74, 6) is -0.112. The number of aryl methyl sites for hydroxylation is 1. The number of hydrogen-bond acceptors (Lipinski definition) is 5. The lowest BCUT2D eigenvalue weighted by Crippen LogP contribution is -2.12. The van der Waals surface area contributed by atoms with Crippen LogP contribution in [0.25, 0.3) is 22.4 Å². The normalized spacial score (nSPS) is 10.9. The largest absolute Gasteiger partial charge is 0.426 e. The molecule has 0 unspecified atom stereocenters. The molecule has 0 atom stereocenters. The van der Waals surface area contributed by atoms with E-state index in [0.29, 0.717) is 27.4 Å². The fourth-order valence-corrected chi connectivity index (χ4v) is 3.38. The van der Waals surface area contributed by atoms with Crippen molar-refractivity contribution in [2.24, 2.45) is 0 Å². The molecule has 0 radical (unpaired) electrons. The van der Waals surface area contributed by atoms with Gasteiger partial charge in [0.15, 0.2) is 5.82 Å². The lowest BCUT2D eigenvalue weighted by atomic mass is 10.1. The molecule has 1 amide bonds. The number of rotatable bonds is 4. The number of halogens is 1. The third-order valence-corrected chi connectivity index (χ3v) is 4.91. The summed E-state index contributed by atoms with van der Waals surface area (Å²) in [4.78, 5) is 27.2. The van der Waals surface area contributed by atoms with E-state index in [1.54, 1.807) is 42.5 Å². The van der Waals surface area contributed by atoms with Crippen molar-refractivity contribution in [1.82, 2.24) is 9.71 Å². The number of imidazole rings is 1. The molecule has 4 aromatic rings. The maximum absolute atomic E-state index is 12.5. The predicted octanol–water partition coefficient (Wildman–Crippen LogP) is 5.06. The minimum absolute atomic E-state index is 0.142. The lowest BCUT2D eigenvalue weighted by molar-refractivity contribution is -0.384. The molecule has 0 spiro atoms. The van der Waals surface area contributed by atoms with E-state index in [2.05, 4.69) is 10.3 Å². The average molecular weight is 423 g/mol. The summed E-state index contributed by atoms with van der Waals surface area (Å²) in [6.07, 6.45) is 0. The molecule has 0 aliphatic heterocycles. The molecule has 3 aromatic carbocycles. The van der Waals surface area contributed by atoms with E-state index in [9.17, 15) is 20.1 Å². The molecule has 0 fully saturated rings. The fourth-order valence-electron chi connectivity index (χ4n) is 3.06. The van der Waals surface area contributed by atoms with Crippen molar-refractivity contribution in [3.63, 3.8) is 0 Å². The smallest absolute Gasteiger partial charge is 0.271 e. The van der Waals surface area contributed by atoms with Gasteiger partial charge in [-0.15, -0.1) is 0 Å². The molecule has 0 saturated heterocycles. The summed E-state index contributed by atoms with van der Waals surface area (Å²) in [6.45, 7) is 1.89. The van der Waals surface area contributed by atoms with Crippen LogP contribution in [-0.2, 0) is 0 Å². The molecular formula is C21H15ClN4O4. The number of nitro benzene ring substituents is 1. The molecule has 8 nitrogen and oxygen atoms in total. The first-order valence-electron chi connectivity index (χ1n) is 8.87. The van der Waals surface area contributed by atoms with Gasteiger partial charge in [0.1, 0.15) is 5.52 Å². The maximum atomic E-state index is 12.5. The van der Waals surface area contributed by atoms with Crippen LogP contribution >= 0.6 is 11.6 Å². The molecule has 0 aliphatic carbocycles. The van der Waals surface area contributed by atoms with Crippen molar-refractivity contribution in [1.29, 1.82) is 0 Å². The number of fused-ring (bicyclic) bond motifs is 1. The second-order valence-electron chi connectivity index (χ2n) is 6.69. The summed E-state index contributed by atoms with van der Waals surface area (Å²) in [5, 5.41) is 24.5. The Morgan fingerprint density at radius 1 is 1.13 bits per heavy atom. The Balaban J connectivity index is 1.60. The van der Waals surface area contributed by atoms with Gasteiger partial charge in [-0.2, -0.15) is 4.73 Å². The van der Waals surface area contributed by atoms with E-state index in [1.807, 2.05) is 6.92 Å². The van der Waals surface area contributed by atoms with Gasteiger partial charge in [0.05, 0.1) is 21.0 Å². The Morgan fingerprint density at radius 3 is 2.53 bits per heavy atom. The highest BCUT2D eigenvalue weighted by atomic mass is 35.5. The number of carbonyl (C=O) groups excluding carboxylic acids is 1. The number of nitrogens with zero attached hydrogens (tertiary/aromatic N) is 3. The number of hydrogen-bond donors (Lipinski definition) is 2. The number of amides is 1. The first-order valence-corrected chi connectivity index (χ1v) is 9.25. The van der Waals surface area contributed by atoms with Gasteiger partial charge in [0, 0.05) is 23.4 Å². The van der Waals surface area contributed by atoms with Crippen LogP contribution in [0.3, 0.4) is 0 Å². The van der Waals surface area contributed by atoms with Crippen molar-refractivity contribution in [2.45, 2.75) is 6.92 Å². The third-order valence-electron chi connectivity index (χ3n) is 4.60. The Labute approximate surface area is 175 Å². The molecule has 1 aromatic heterocycles. The lowest BCUT2D eigenvalue weighted by Gasteiger charge is -2.08. The quantitative estimate of drug-likeness (QED) is 0.271. The first-order chi connectivity index (χ1) is 14.3. The highest BCUT2D eigenvalue weighted by Crippen LogP contribution is 2.27. The monoisotopic (exact) mass is 422 g/mol. The van der Waals surface area contributed by atoms with Gasteiger partial charge < -0.3 is 10.5 Å². The molecule has 2 N–H and O–H groups in total. The van der Waals surface area contributed by atoms with Crippen LogP contribution in [0.5, 0.6) is 0 Å². The summed E-state index contributed by atoms with van der Waals surface area (Å²) >= 11 is 6.14. The number of carbonyl (C=O) groups is 1. The number of nitrogens with one attached hydrogen (secondary N) is 1. The predicted molar refractivity (Wildman–Crippen MR) is 113 cm³/mol. The molecule has 0 saturated carbocycles. The number of anilines is 1. The third kappa shape index (κ3) is 3.56. The van der Waals surface area contributed by atoms with Gasteiger partial charge >= 0.3 is 0 Å². The average Bonchev–Trinajstić information content (AvgIpc) is 3.04. The van der Waals surface area contributed by atoms with Crippen LogP contribution < -0.4 is 5.32 Å². The number of nitro groups is 1. The number of benzene rings is 3. The number of non-ortho nitro benzene ring substituents is 1. The highest BCUT2D eigenvalue weighted by molar-refractivity contribution is 6.34. The topological polar surface area (TPSA) is 110 Å². The molecular weight excluding hydrogens is 408 g/mol. The van der Waals surface area contributed by atoms with Crippen molar-refractivity contribution in [3.8, 4) is 11.4 Å². The summed E-state index contributed by atoms with van der Waals surface area (Å²) < 4.78 is 0.808. The first kappa shape index (κ1) is 19.4. The van der Waals surface area contributed by atoms with Crippen molar-refractivity contribution in [2.75, 3.05) is 5.32 Å². The van der Waals surface area contributed by atoms with Crippen molar-refractivity contribution in [3.05, 3.63) is 86.9 Å². The molecule has 30 heavy (non-hydrogen) atoms. The standard InChI is InChI=1S/C21H15ClN4O4/c1-12-2-8-16(17(22)10-12)21(27)23-14-5-3-13(4-6-14)20-24-18-9-7-15(26(29)30)11-19(18)25(20)28/h2-11,28H,1H3,(H,23,27). The molecule has 4 rings (SSSR count). The van der Waals surface area contributed by atoms with E-state index in [-0.39, 0.29) is 22.9 Å². The second-order valence-corrected chi connectivity index (χ2v) is 7.10. The van der Waals surface area contributed by atoms with E-state index < -0.39 is 4.92 Å². The van der Waals surface area contributed by atoms with E-state index in [1.165, 1.54) is 18.2 Å². The molecule has 0 bridgehead atoms. The van der Waals surface area contributed by atoms with Gasteiger partial charge in [-0.05, 0) is 55.0 Å². The fraction of sp³-hybridized carbons (Fsp3) is 0.0476. The molecule has 1 heterocycles. The van der Waals surface area contributed by atoms with Crippen LogP contribution in [0, 0.1) is 17.0 Å². The van der Waals surface area contributed by atoms with Crippen LogP contribution in [0.2, 0.25) is 5.02 Å². The minimum atomic E-state index is -0.538. The molecule has 0 aliphatic rings. The summed E-state index contributed by atoms with van der Waals surface area (Å²) in [7, 11) is 0. The number of aromatic nitrogens is 2. The molecule has 9 heteroatoms. The van der Waals surface area contributed by atoms with Crippen LogP contribution in [-0.4, -0.2) is 25.8 Å². The summed E-state index contributed by atoms with van der Waals surface area (Å²) in [5.41, 5.74) is 2.94. The van der Waals surface area contributed by atoms with E-state index >= 15 is 0 Å². The molecule has 150 valence electrons. The zero-order chi connectivity index (χ0) is 21.4. The summed E-state index contributed by atoms with van der Waals surface area (Å²) in [6, 6.07) is 15.9. The van der Waals surface area contributed by atoms with E-state index in [0.717, 1.165) is 10.3 Å². The van der Waals surface area contributed by atoms with Gasteiger partial charge in [-0.1, -0.05) is 17.7 Å². The van der Waals surface area contributed by atoms with Crippen molar-refractivity contribution >= 4 is 39.9 Å². The van der Waals surface area contributed by atoms with Crippen LogP contribution in [0.4, 0.5) is 11.4 Å². The highest BCUT2D eigenvalue weighted by Gasteiger charge is 2.16. The van der Waals surface area contributed by atoms with Gasteiger partial charge in [0.2, 0.25) is 0 Å². The maximum Gasteiger partial charge on any atom is 0.271 e. The Bertz CT molecular complexity index is 1300. The zero-order valence-electron chi connectivity index (χ0n) is 15.7. The van der Waals surface area contributed by atoms with Gasteiger partial charge in [0.25, 0.3) is 11.6 Å². The Hall–Kier alpha value is -3.91. The van der Waals surface area contributed by atoms with Gasteiger partial charge in [-0.25, -0.2) is 4.98 Å². The zero-order valence-corrected chi connectivity index (χ0v) is 16.4. The van der Waals surface area contributed by atoms with Crippen molar-refractivity contribution < 1.29 is 14.9 Å². The Kier molecular flexibility index (Phi) is 4.85. The van der Waals surface area contributed by atoms with Crippen LogP contribution in [0.1, 0.15) is 15.9 Å². The van der Waals surface area contributed by atoms with Gasteiger partial charge in [-0.3, -0.25) is 14.9 Å². The second kappa shape index (κ2) is 7.49. The minimum Gasteiger partial charge on any atom is -0.426 e. The Morgan fingerprint density at radius 2 is 1.87 bits per heavy atom. The SMILES string of the molecule is Cc1ccc(C(=O)Nc2ccc(-c3nc4ccc([N+](=O)[O-])cc4n3O)cc2)c(Cl)c1. The van der Waals surface area contributed by atoms with E-state index in [4.69, 9.17) is 11.6 Å². The van der Waals surface area contributed by atoms with Crippen LogP contribution in [0.15, 0.2) is 60.7 Å².